The van der Waals surface area contributed by atoms with Crippen molar-refractivity contribution in [2.24, 2.45) is 0 Å². The molecule has 1 aliphatic heterocycles. The van der Waals surface area contributed by atoms with E-state index in [2.05, 4.69) is 16.0 Å². The number of nitrogens with one attached hydrogen (secondary N) is 3. The van der Waals surface area contributed by atoms with Crippen LogP contribution in [0.3, 0.4) is 0 Å². The number of carbonyl (C=O) groups excluding carboxylic acids is 2. The lowest BCUT2D eigenvalue weighted by molar-refractivity contribution is -0.116. The zero-order valence-corrected chi connectivity index (χ0v) is 17.7. The van der Waals surface area contributed by atoms with Gasteiger partial charge in [0, 0.05) is 41.7 Å². The molecule has 146 valence electrons. The SMILES string of the molecule is CCC(C)(C)NC(=O)c1ccc(NC(=O)CC2CSCCN2)cc1Cl.Cl. The van der Waals surface area contributed by atoms with Crippen molar-refractivity contribution in [2.45, 2.75) is 45.2 Å². The number of thioether (sulfide) groups is 1. The molecule has 1 saturated heterocycles. The van der Waals surface area contributed by atoms with E-state index in [1.54, 1.807) is 18.2 Å². The van der Waals surface area contributed by atoms with Gasteiger partial charge in [-0.1, -0.05) is 18.5 Å². The Morgan fingerprint density at radius 1 is 1.38 bits per heavy atom. The number of benzene rings is 1. The van der Waals surface area contributed by atoms with Gasteiger partial charge in [-0.2, -0.15) is 11.8 Å². The fourth-order valence-corrected chi connectivity index (χ4v) is 3.64. The van der Waals surface area contributed by atoms with Crippen LogP contribution in [0.4, 0.5) is 5.69 Å². The Bertz CT molecular complexity index is 635. The van der Waals surface area contributed by atoms with Gasteiger partial charge >= 0.3 is 0 Å². The highest BCUT2D eigenvalue weighted by Gasteiger charge is 2.21. The summed E-state index contributed by atoms with van der Waals surface area (Å²) in [5.41, 5.74) is 0.717. The van der Waals surface area contributed by atoms with Crippen LogP contribution in [0, 0.1) is 0 Å². The summed E-state index contributed by atoms with van der Waals surface area (Å²) in [5.74, 6) is 1.77. The van der Waals surface area contributed by atoms with Crippen LogP contribution in [-0.2, 0) is 4.79 Å². The standard InChI is InChI=1S/C18H26ClN3O2S.ClH/c1-4-18(2,3)22-17(24)14-6-5-12(9-15(14)19)21-16(23)10-13-11-25-8-7-20-13;/h5-6,9,13,20H,4,7-8,10-11H2,1-3H3,(H,21,23)(H,22,24);1H. The third-order valence-electron chi connectivity index (χ3n) is 4.26. The van der Waals surface area contributed by atoms with Gasteiger partial charge in [-0.15, -0.1) is 12.4 Å². The molecule has 26 heavy (non-hydrogen) atoms. The van der Waals surface area contributed by atoms with Gasteiger partial charge in [0.05, 0.1) is 10.6 Å². The van der Waals surface area contributed by atoms with Crippen molar-refractivity contribution in [1.29, 1.82) is 0 Å². The van der Waals surface area contributed by atoms with Crippen LogP contribution >= 0.6 is 35.8 Å². The van der Waals surface area contributed by atoms with Crippen LogP contribution in [0.25, 0.3) is 0 Å². The van der Waals surface area contributed by atoms with Crippen LogP contribution in [0.2, 0.25) is 5.02 Å². The molecular formula is C18H27Cl2N3O2S. The van der Waals surface area contributed by atoms with Gasteiger partial charge in [-0.3, -0.25) is 9.59 Å². The number of hydrogen-bond donors (Lipinski definition) is 3. The lowest BCUT2D eigenvalue weighted by Gasteiger charge is -2.24. The normalized spacial score (nSPS) is 17.2. The smallest absolute Gasteiger partial charge is 0.253 e. The minimum absolute atomic E-state index is 0. The maximum absolute atomic E-state index is 12.3. The second-order valence-electron chi connectivity index (χ2n) is 6.86. The molecule has 2 rings (SSSR count). The lowest BCUT2D eigenvalue weighted by atomic mass is 10.0. The molecule has 1 fully saturated rings. The lowest BCUT2D eigenvalue weighted by Crippen LogP contribution is -2.42. The molecule has 1 aromatic carbocycles. The Hall–Kier alpha value is -0.950. The molecule has 8 heteroatoms. The summed E-state index contributed by atoms with van der Waals surface area (Å²) < 4.78 is 0. The summed E-state index contributed by atoms with van der Waals surface area (Å²) in [4.78, 5) is 24.5. The molecule has 0 aliphatic carbocycles. The average Bonchev–Trinajstić information content (AvgIpc) is 2.55. The third-order valence-corrected chi connectivity index (χ3v) is 5.71. The van der Waals surface area contributed by atoms with Crippen molar-refractivity contribution in [2.75, 3.05) is 23.4 Å². The van der Waals surface area contributed by atoms with Crippen LogP contribution in [0.5, 0.6) is 0 Å². The summed E-state index contributed by atoms with van der Waals surface area (Å²) in [5, 5.41) is 9.47. The Labute approximate surface area is 170 Å². The van der Waals surface area contributed by atoms with Gasteiger partial charge in [-0.05, 0) is 38.5 Å². The Morgan fingerprint density at radius 3 is 2.69 bits per heavy atom. The van der Waals surface area contributed by atoms with E-state index >= 15 is 0 Å². The van der Waals surface area contributed by atoms with Gasteiger partial charge in [-0.25, -0.2) is 0 Å². The summed E-state index contributed by atoms with van der Waals surface area (Å²) in [7, 11) is 0. The Balaban J connectivity index is 0.00000338. The third kappa shape index (κ3) is 6.99. The molecule has 3 N–H and O–H groups in total. The fourth-order valence-electron chi connectivity index (χ4n) is 2.43. The maximum atomic E-state index is 12.3. The molecule has 1 atom stereocenters. The predicted molar refractivity (Wildman–Crippen MR) is 113 cm³/mol. The van der Waals surface area contributed by atoms with E-state index < -0.39 is 0 Å². The first-order valence-electron chi connectivity index (χ1n) is 8.54. The number of anilines is 1. The minimum atomic E-state index is -0.293. The molecule has 0 spiro atoms. The van der Waals surface area contributed by atoms with Gasteiger partial charge in [0.2, 0.25) is 5.91 Å². The van der Waals surface area contributed by atoms with Gasteiger partial charge in [0.25, 0.3) is 5.91 Å². The van der Waals surface area contributed by atoms with Crippen LogP contribution in [0.15, 0.2) is 18.2 Å². The molecule has 1 heterocycles. The topological polar surface area (TPSA) is 70.2 Å². The molecule has 0 saturated carbocycles. The van der Waals surface area contributed by atoms with E-state index in [9.17, 15) is 9.59 Å². The number of halogens is 2. The zero-order chi connectivity index (χ0) is 18.4. The predicted octanol–water partition coefficient (Wildman–Crippen LogP) is 3.71. The molecule has 0 aromatic heterocycles. The highest BCUT2D eigenvalue weighted by Crippen LogP contribution is 2.22. The van der Waals surface area contributed by atoms with Crippen molar-refractivity contribution in [3.8, 4) is 0 Å². The second-order valence-corrected chi connectivity index (χ2v) is 8.42. The van der Waals surface area contributed by atoms with Crippen molar-refractivity contribution in [1.82, 2.24) is 10.6 Å². The van der Waals surface area contributed by atoms with Gasteiger partial charge < -0.3 is 16.0 Å². The number of carbonyl (C=O) groups is 2. The number of hydrogen-bond acceptors (Lipinski definition) is 4. The quantitative estimate of drug-likeness (QED) is 0.656. The van der Waals surface area contributed by atoms with Gasteiger partial charge in [0.1, 0.15) is 0 Å². The van der Waals surface area contributed by atoms with Crippen molar-refractivity contribution < 1.29 is 9.59 Å². The molecular weight excluding hydrogens is 393 g/mol. The molecule has 0 bridgehead atoms. The summed E-state index contributed by atoms with van der Waals surface area (Å²) in [6.45, 7) is 6.88. The average molecular weight is 420 g/mol. The van der Waals surface area contributed by atoms with Crippen LogP contribution in [0.1, 0.15) is 44.0 Å². The largest absolute Gasteiger partial charge is 0.347 e. The first kappa shape index (κ1) is 23.1. The van der Waals surface area contributed by atoms with Gasteiger partial charge in [0.15, 0.2) is 0 Å². The van der Waals surface area contributed by atoms with Crippen molar-refractivity contribution in [3.63, 3.8) is 0 Å². The number of rotatable bonds is 6. The second kappa shape index (κ2) is 10.4. The molecule has 1 aliphatic rings. The van der Waals surface area contributed by atoms with Crippen molar-refractivity contribution >= 4 is 53.3 Å². The van der Waals surface area contributed by atoms with E-state index in [1.807, 2.05) is 32.5 Å². The first-order valence-corrected chi connectivity index (χ1v) is 10.1. The number of amides is 2. The van der Waals surface area contributed by atoms with E-state index in [1.165, 1.54) is 0 Å². The summed E-state index contributed by atoms with van der Waals surface area (Å²) in [6, 6.07) is 5.18. The van der Waals surface area contributed by atoms with Crippen molar-refractivity contribution in [3.05, 3.63) is 28.8 Å². The minimum Gasteiger partial charge on any atom is -0.347 e. The first-order chi connectivity index (χ1) is 11.8. The molecule has 1 aromatic rings. The Morgan fingerprint density at radius 2 is 2.12 bits per heavy atom. The maximum Gasteiger partial charge on any atom is 0.253 e. The highest BCUT2D eigenvalue weighted by atomic mass is 35.5. The van der Waals surface area contributed by atoms with Crippen LogP contribution in [-0.4, -0.2) is 41.4 Å². The molecule has 5 nitrogen and oxygen atoms in total. The van der Waals surface area contributed by atoms with E-state index in [0.717, 1.165) is 24.5 Å². The fraction of sp³-hybridized carbons (Fsp3) is 0.556. The van der Waals surface area contributed by atoms with E-state index in [0.29, 0.717) is 22.7 Å². The summed E-state index contributed by atoms with van der Waals surface area (Å²) >= 11 is 8.10. The molecule has 2 amide bonds. The summed E-state index contributed by atoms with van der Waals surface area (Å²) in [6.07, 6.45) is 1.25. The monoisotopic (exact) mass is 419 g/mol. The highest BCUT2D eigenvalue weighted by molar-refractivity contribution is 7.99. The van der Waals surface area contributed by atoms with Crippen LogP contribution < -0.4 is 16.0 Å². The Kier molecular flexibility index (Phi) is 9.24. The molecule has 0 radical (unpaired) electrons. The molecule has 1 unspecified atom stereocenters. The van der Waals surface area contributed by atoms with E-state index in [4.69, 9.17) is 11.6 Å². The zero-order valence-electron chi connectivity index (χ0n) is 15.4. The van der Waals surface area contributed by atoms with E-state index in [-0.39, 0.29) is 35.8 Å².